The van der Waals surface area contributed by atoms with Crippen molar-refractivity contribution in [3.8, 4) is 6.07 Å². The van der Waals surface area contributed by atoms with Crippen molar-refractivity contribution in [2.24, 2.45) is 0 Å². The van der Waals surface area contributed by atoms with Gasteiger partial charge in [-0.05, 0) is 19.9 Å². The summed E-state index contributed by atoms with van der Waals surface area (Å²) in [5, 5.41) is 8.47. The molecule has 1 rings (SSSR count). The van der Waals surface area contributed by atoms with E-state index in [1.165, 1.54) is 6.26 Å². The minimum Gasteiger partial charge on any atom is -0.469 e. The summed E-state index contributed by atoms with van der Waals surface area (Å²) in [5.74, 6) is 0.550. The molecule has 4 heteroatoms. The molecule has 0 aliphatic rings. The summed E-state index contributed by atoms with van der Waals surface area (Å²) in [7, 11) is 0. The van der Waals surface area contributed by atoms with Gasteiger partial charge in [0.2, 0.25) is 0 Å². The van der Waals surface area contributed by atoms with Gasteiger partial charge in [-0.1, -0.05) is 0 Å². The van der Waals surface area contributed by atoms with Gasteiger partial charge < -0.3 is 9.32 Å². The molecule has 0 aromatic carbocycles. The van der Waals surface area contributed by atoms with Crippen LogP contribution in [0.5, 0.6) is 0 Å². The summed E-state index contributed by atoms with van der Waals surface area (Å²) in [4.78, 5) is 13.6. The first kappa shape index (κ1) is 11.3. The highest BCUT2D eigenvalue weighted by molar-refractivity contribution is 5.95. The average molecular weight is 206 g/mol. The van der Waals surface area contributed by atoms with Crippen LogP contribution in [0.25, 0.3) is 0 Å². The minimum absolute atomic E-state index is 0.0704. The fraction of sp³-hybridized carbons (Fsp3) is 0.455. The van der Waals surface area contributed by atoms with Crippen LogP contribution in [-0.2, 0) is 0 Å². The standard InChI is InChI=1S/C11H14N2O2/c1-3-13(7-4-6-12)11(14)10-5-8-15-9(10)2/h5,8H,3-4,7H2,1-2H3. The number of amides is 1. The van der Waals surface area contributed by atoms with E-state index in [-0.39, 0.29) is 5.91 Å². The number of furan rings is 1. The molecule has 0 saturated heterocycles. The van der Waals surface area contributed by atoms with Gasteiger partial charge in [-0.2, -0.15) is 5.26 Å². The van der Waals surface area contributed by atoms with Crippen LogP contribution in [0.4, 0.5) is 0 Å². The lowest BCUT2D eigenvalue weighted by Gasteiger charge is -2.18. The number of aryl methyl sites for hydroxylation is 1. The van der Waals surface area contributed by atoms with Gasteiger partial charge in [0.15, 0.2) is 0 Å². The second kappa shape index (κ2) is 5.20. The van der Waals surface area contributed by atoms with E-state index < -0.39 is 0 Å². The first-order valence-electron chi connectivity index (χ1n) is 4.91. The molecule has 80 valence electrons. The molecule has 0 bridgehead atoms. The summed E-state index contributed by atoms with van der Waals surface area (Å²) in [6.07, 6.45) is 1.86. The quantitative estimate of drug-likeness (QED) is 0.756. The Hall–Kier alpha value is -1.76. The van der Waals surface area contributed by atoms with Crippen molar-refractivity contribution in [3.63, 3.8) is 0 Å². The number of hydrogen-bond donors (Lipinski definition) is 0. The van der Waals surface area contributed by atoms with Crippen molar-refractivity contribution in [1.29, 1.82) is 5.26 Å². The molecule has 0 radical (unpaired) electrons. The van der Waals surface area contributed by atoms with Gasteiger partial charge in [0.25, 0.3) is 5.91 Å². The summed E-state index contributed by atoms with van der Waals surface area (Å²) < 4.78 is 5.07. The highest BCUT2D eigenvalue weighted by Crippen LogP contribution is 2.12. The fourth-order valence-corrected chi connectivity index (χ4v) is 1.37. The summed E-state index contributed by atoms with van der Waals surface area (Å²) in [6, 6.07) is 3.69. The predicted molar refractivity (Wildman–Crippen MR) is 55.3 cm³/mol. The number of rotatable bonds is 4. The van der Waals surface area contributed by atoms with Crippen LogP contribution < -0.4 is 0 Å². The number of hydrogen-bond acceptors (Lipinski definition) is 3. The van der Waals surface area contributed by atoms with E-state index >= 15 is 0 Å². The summed E-state index contributed by atoms with van der Waals surface area (Å²) in [5.41, 5.74) is 0.579. The summed E-state index contributed by atoms with van der Waals surface area (Å²) in [6.45, 7) is 4.72. The second-order valence-corrected chi connectivity index (χ2v) is 3.18. The maximum absolute atomic E-state index is 11.9. The molecular formula is C11H14N2O2. The Morgan fingerprint density at radius 2 is 2.40 bits per heavy atom. The third-order valence-corrected chi connectivity index (χ3v) is 2.25. The smallest absolute Gasteiger partial charge is 0.257 e. The van der Waals surface area contributed by atoms with E-state index in [1.54, 1.807) is 17.9 Å². The minimum atomic E-state index is -0.0704. The Morgan fingerprint density at radius 1 is 1.67 bits per heavy atom. The molecule has 0 saturated carbocycles. The molecule has 4 nitrogen and oxygen atoms in total. The molecule has 1 heterocycles. The van der Waals surface area contributed by atoms with E-state index in [1.807, 2.05) is 13.0 Å². The maximum Gasteiger partial charge on any atom is 0.257 e. The zero-order chi connectivity index (χ0) is 11.3. The molecule has 0 N–H and O–H groups in total. The SMILES string of the molecule is CCN(CCC#N)C(=O)c1ccoc1C. The zero-order valence-corrected chi connectivity index (χ0v) is 8.99. The predicted octanol–water partition coefficient (Wildman–Crippen LogP) is 1.96. The molecule has 0 aliphatic heterocycles. The van der Waals surface area contributed by atoms with Gasteiger partial charge in [0.1, 0.15) is 5.76 Å². The van der Waals surface area contributed by atoms with Crippen LogP contribution >= 0.6 is 0 Å². The fourth-order valence-electron chi connectivity index (χ4n) is 1.37. The van der Waals surface area contributed by atoms with Crippen molar-refractivity contribution in [1.82, 2.24) is 4.90 Å². The van der Waals surface area contributed by atoms with Crippen LogP contribution in [0.3, 0.4) is 0 Å². The second-order valence-electron chi connectivity index (χ2n) is 3.18. The molecule has 0 fully saturated rings. The van der Waals surface area contributed by atoms with Crippen LogP contribution in [0.15, 0.2) is 16.7 Å². The molecule has 1 amide bonds. The lowest BCUT2D eigenvalue weighted by atomic mass is 10.2. The van der Waals surface area contributed by atoms with Crippen molar-refractivity contribution in [3.05, 3.63) is 23.7 Å². The van der Waals surface area contributed by atoms with E-state index in [0.717, 1.165) is 0 Å². The molecule has 0 aliphatic carbocycles. The Kier molecular flexibility index (Phi) is 3.92. The van der Waals surface area contributed by atoms with Crippen molar-refractivity contribution >= 4 is 5.91 Å². The van der Waals surface area contributed by atoms with E-state index in [4.69, 9.17) is 9.68 Å². The number of nitrogens with zero attached hydrogens (tertiary/aromatic N) is 2. The van der Waals surface area contributed by atoms with Gasteiger partial charge in [0, 0.05) is 13.1 Å². The Morgan fingerprint density at radius 3 is 2.87 bits per heavy atom. The zero-order valence-electron chi connectivity index (χ0n) is 8.99. The van der Waals surface area contributed by atoms with Crippen LogP contribution in [-0.4, -0.2) is 23.9 Å². The van der Waals surface area contributed by atoms with E-state index in [0.29, 0.717) is 30.8 Å². The third kappa shape index (κ3) is 2.59. The molecule has 0 spiro atoms. The van der Waals surface area contributed by atoms with E-state index in [2.05, 4.69) is 0 Å². The molecule has 1 aromatic rings. The molecular weight excluding hydrogens is 192 g/mol. The summed E-state index contributed by atoms with van der Waals surface area (Å²) >= 11 is 0. The third-order valence-electron chi connectivity index (χ3n) is 2.25. The number of nitriles is 1. The first-order valence-corrected chi connectivity index (χ1v) is 4.91. The Balaban J connectivity index is 2.74. The highest BCUT2D eigenvalue weighted by Gasteiger charge is 2.17. The normalized spacial score (nSPS) is 9.67. The van der Waals surface area contributed by atoms with Crippen molar-refractivity contribution < 1.29 is 9.21 Å². The highest BCUT2D eigenvalue weighted by atomic mass is 16.3. The van der Waals surface area contributed by atoms with Crippen molar-refractivity contribution in [2.75, 3.05) is 13.1 Å². The van der Waals surface area contributed by atoms with Gasteiger partial charge in [-0.15, -0.1) is 0 Å². The largest absolute Gasteiger partial charge is 0.469 e. The molecule has 0 atom stereocenters. The lowest BCUT2D eigenvalue weighted by Crippen LogP contribution is -2.31. The lowest BCUT2D eigenvalue weighted by molar-refractivity contribution is 0.0766. The monoisotopic (exact) mass is 206 g/mol. The van der Waals surface area contributed by atoms with Crippen LogP contribution in [0.1, 0.15) is 29.5 Å². The molecule has 15 heavy (non-hydrogen) atoms. The van der Waals surface area contributed by atoms with Gasteiger partial charge in [-0.3, -0.25) is 4.79 Å². The average Bonchev–Trinajstić information content (AvgIpc) is 2.65. The molecule has 0 unspecified atom stereocenters. The van der Waals surface area contributed by atoms with Gasteiger partial charge >= 0.3 is 0 Å². The van der Waals surface area contributed by atoms with Crippen LogP contribution in [0, 0.1) is 18.3 Å². The topological polar surface area (TPSA) is 57.2 Å². The van der Waals surface area contributed by atoms with E-state index in [9.17, 15) is 4.79 Å². The van der Waals surface area contributed by atoms with Gasteiger partial charge in [0.05, 0.1) is 24.3 Å². The van der Waals surface area contributed by atoms with Gasteiger partial charge in [-0.25, -0.2) is 0 Å². The van der Waals surface area contributed by atoms with Crippen LogP contribution in [0.2, 0.25) is 0 Å². The maximum atomic E-state index is 11.9. The number of carbonyl (C=O) groups is 1. The Bertz CT molecular complexity index is 376. The number of carbonyl (C=O) groups excluding carboxylic acids is 1. The first-order chi connectivity index (χ1) is 7.20. The van der Waals surface area contributed by atoms with Crippen molar-refractivity contribution in [2.45, 2.75) is 20.3 Å². The molecule has 1 aromatic heterocycles. The Labute approximate surface area is 89.1 Å².